The first-order valence-corrected chi connectivity index (χ1v) is 9.00. The van der Waals surface area contributed by atoms with E-state index in [-0.39, 0.29) is 11.9 Å². The number of nitrogens with one attached hydrogen (secondary N) is 1. The van der Waals surface area contributed by atoms with Gasteiger partial charge in [0.1, 0.15) is 5.52 Å². The summed E-state index contributed by atoms with van der Waals surface area (Å²) in [4.78, 5) is 13.0. The molecule has 0 aliphatic heterocycles. The highest BCUT2D eigenvalue weighted by Crippen LogP contribution is 2.23. The summed E-state index contributed by atoms with van der Waals surface area (Å²) in [5.74, 6) is -0.138. The van der Waals surface area contributed by atoms with E-state index < -0.39 is 0 Å². The van der Waals surface area contributed by atoms with E-state index in [2.05, 4.69) is 15.6 Å². The van der Waals surface area contributed by atoms with Crippen LogP contribution < -0.4 is 5.32 Å². The standard InChI is InChI=1S/C22H20N4O/c1-2-26-20-14-13-18(15-19(20)24-25-26)22(27)23-21(16-9-5-3-6-10-16)17-11-7-4-8-12-17/h3-15,21H,2H2,1H3,(H,23,27). The van der Waals surface area contributed by atoms with Crippen molar-refractivity contribution in [2.75, 3.05) is 0 Å². The van der Waals surface area contributed by atoms with Gasteiger partial charge in [-0.05, 0) is 36.2 Å². The molecular formula is C22H20N4O. The molecule has 0 aliphatic rings. The molecule has 1 aromatic heterocycles. The van der Waals surface area contributed by atoms with Crippen LogP contribution in [0.15, 0.2) is 78.9 Å². The van der Waals surface area contributed by atoms with Gasteiger partial charge < -0.3 is 5.32 Å². The minimum Gasteiger partial charge on any atom is -0.341 e. The predicted octanol–water partition coefficient (Wildman–Crippen LogP) is 3.97. The highest BCUT2D eigenvalue weighted by molar-refractivity contribution is 5.97. The van der Waals surface area contributed by atoms with Gasteiger partial charge in [-0.3, -0.25) is 4.79 Å². The first-order chi connectivity index (χ1) is 13.3. The molecule has 27 heavy (non-hydrogen) atoms. The molecule has 1 N–H and O–H groups in total. The van der Waals surface area contributed by atoms with Crippen molar-refractivity contribution in [3.63, 3.8) is 0 Å². The van der Waals surface area contributed by atoms with Crippen molar-refractivity contribution in [1.82, 2.24) is 20.3 Å². The second-order valence-corrected chi connectivity index (χ2v) is 6.34. The van der Waals surface area contributed by atoms with E-state index in [1.165, 1.54) is 0 Å². The molecule has 0 saturated heterocycles. The molecular weight excluding hydrogens is 336 g/mol. The zero-order valence-corrected chi connectivity index (χ0v) is 15.0. The summed E-state index contributed by atoms with van der Waals surface area (Å²) in [5, 5.41) is 11.4. The third kappa shape index (κ3) is 3.44. The molecule has 1 heterocycles. The number of carbonyl (C=O) groups excluding carboxylic acids is 1. The summed E-state index contributed by atoms with van der Waals surface area (Å²) < 4.78 is 1.81. The molecule has 134 valence electrons. The quantitative estimate of drug-likeness (QED) is 0.589. The Labute approximate surface area is 157 Å². The molecule has 4 aromatic rings. The number of aryl methyl sites for hydroxylation is 1. The first-order valence-electron chi connectivity index (χ1n) is 9.00. The zero-order chi connectivity index (χ0) is 18.6. The summed E-state index contributed by atoms with van der Waals surface area (Å²) in [6, 6.07) is 25.2. The third-order valence-electron chi connectivity index (χ3n) is 4.62. The molecule has 0 spiro atoms. The molecule has 0 saturated carbocycles. The first kappa shape index (κ1) is 17.0. The molecule has 4 rings (SSSR count). The van der Waals surface area contributed by atoms with E-state index >= 15 is 0 Å². The van der Waals surface area contributed by atoms with Gasteiger partial charge in [-0.2, -0.15) is 0 Å². The van der Waals surface area contributed by atoms with E-state index in [0.717, 1.165) is 28.7 Å². The molecule has 0 radical (unpaired) electrons. The van der Waals surface area contributed by atoms with Crippen LogP contribution in [0.5, 0.6) is 0 Å². The minimum atomic E-state index is -0.220. The number of hydrogen-bond acceptors (Lipinski definition) is 3. The van der Waals surface area contributed by atoms with Gasteiger partial charge in [-0.15, -0.1) is 5.10 Å². The molecule has 5 heteroatoms. The monoisotopic (exact) mass is 356 g/mol. The highest BCUT2D eigenvalue weighted by atomic mass is 16.1. The summed E-state index contributed by atoms with van der Waals surface area (Å²) in [7, 11) is 0. The maximum atomic E-state index is 13.0. The number of aromatic nitrogens is 3. The fourth-order valence-electron chi connectivity index (χ4n) is 3.21. The number of benzene rings is 3. The van der Waals surface area contributed by atoms with Crippen molar-refractivity contribution >= 4 is 16.9 Å². The van der Waals surface area contributed by atoms with Crippen LogP contribution in [0.3, 0.4) is 0 Å². The second kappa shape index (κ2) is 7.41. The van der Waals surface area contributed by atoms with Gasteiger partial charge in [0.15, 0.2) is 0 Å². The molecule has 1 amide bonds. The van der Waals surface area contributed by atoms with Gasteiger partial charge in [-0.25, -0.2) is 4.68 Å². The van der Waals surface area contributed by atoms with Gasteiger partial charge in [0.25, 0.3) is 5.91 Å². The Kier molecular flexibility index (Phi) is 4.66. The highest BCUT2D eigenvalue weighted by Gasteiger charge is 2.18. The van der Waals surface area contributed by atoms with Crippen LogP contribution in [0.1, 0.15) is 34.5 Å². The lowest BCUT2D eigenvalue weighted by Gasteiger charge is -2.20. The largest absolute Gasteiger partial charge is 0.341 e. The van der Waals surface area contributed by atoms with Gasteiger partial charge in [0.05, 0.1) is 11.6 Å². The van der Waals surface area contributed by atoms with E-state index in [0.29, 0.717) is 5.56 Å². The fraction of sp³-hybridized carbons (Fsp3) is 0.136. The maximum absolute atomic E-state index is 13.0. The molecule has 0 fully saturated rings. The second-order valence-electron chi connectivity index (χ2n) is 6.34. The van der Waals surface area contributed by atoms with Crippen molar-refractivity contribution in [2.45, 2.75) is 19.5 Å². The summed E-state index contributed by atoms with van der Waals surface area (Å²) in [6.07, 6.45) is 0. The summed E-state index contributed by atoms with van der Waals surface area (Å²) >= 11 is 0. The number of fused-ring (bicyclic) bond motifs is 1. The van der Waals surface area contributed by atoms with Gasteiger partial charge in [-0.1, -0.05) is 65.9 Å². The molecule has 5 nitrogen and oxygen atoms in total. The van der Waals surface area contributed by atoms with E-state index in [9.17, 15) is 4.79 Å². The molecule has 0 unspecified atom stereocenters. The van der Waals surface area contributed by atoms with Crippen molar-refractivity contribution in [2.24, 2.45) is 0 Å². The maximum Gasteiger partial charge on any atom is 0.252 e. The van der Waals surface area contributed by atoms with Crippen LogP contribution in [-0.4, -0.2) is 20.9 Å². The Bertz CT molecular complexity index is 1020. The number of amides is 1. The van der Waals surface area contributed by atoms with Gasteiger partial charge in [0.2, 0.25) is 0 Å². The van der Waals surface area contributed by atoms with Gasteiger partial charge >= 0.3 is 0 Å². The van der Waals surface area contributed by atoms with E-state index in [4.69, 9.17) is 0 Å². The number of carbonyl (C=O) groups is 1. The third-order valence-corrected chi connectivity index (χ3v) is 4.62. The Morgan fingerprint density at radius 2 is 1.59 bits per heavy atom. The molecule has 0 aliphatic carbocycles. The van der Waals surface area contributed by atoms with Crippen molar-refractivity contribution in [3.05, 3.63) is 95.6 Å². The van der Waals surface area contributed by atoms with Crippen molar-refractivity contribution < 1.29 is 4.79 Å². The Hall–Kier alpha value is -3.47. The van der Waals surface area contributed by atoms with Crippen LogP contribution in [0.4, 0.5) is 0 Å². The lowest BCUT2D eigenvalue weighted by molar-refractivity contribution is 0.0943. The molecule has 3 aromatic carbocycles. The van der Waals surface area contributed by atoms with Crippen LogP contribution in [-0.2, 0) is 6.54 Å². The van der Waals surface area contributed by atoms with Crippen molar-refractivity contribution in [3.8, 4) is 0 Å². The van der Waals surface area contributed by atoms with Crippen LogP contribution >= 0.6 is 0 Å². The zero-order valence-electron chi connectivity index (χ0n) is 15.0. The molecule has 0 atom stereocenters. The number of nitrogens with zero attached hydrogens (tertiary/aromatic N) is 3. The topological polar surface area (TPSA) is 59.8 Å². The molecule has 0 bridgehead atoms. The summed E-state index contributed by atoms with van der Waals surface area (Å²) in [5.41, 5.74) is 4.30. The SMILES string of the molecule is CCn1nnc2cc(C(=O)NC(c3ccccc3)c3ccccc3)ccc21. The minimum absolute atomic E-state index is 0.138. The fourth-order valence-corrected chi connectivity index (χ4v) is 3.21. The van der Waals surface area contributed by atoms with E-state index in [1.54, 1.807) is 6.07 Å². The Morgan fingerprint density at radius 1 is 0.963 bits per heavy atom. The average Bonchev–Trinajstić information content (AvgIpc) is 3.15. The van der Waals surface area contributed by atoms with Crippen LogP contribution in [0.2, 0.25) is 0 Å². The normalized spacial score (nSPS) is 11.0. The Balaban J connectivity index is 1.66. The van der Waals surface area contributed by atoms with E-state index in [1.807, 2.05) is 84.4 Å². The number of rotatable bonds is 5. The average molecular weight is 356 g/mol. The lowest BCUT2D eigenvalue weighted by Crippen LogP contribution is -2.29. The summed E-state index contributed by atoms with van der Waals surface area (Å²) in [6.45, 7) is 2.76. The van der Waals surface area contributed by atoms with Crippen LogP contribution in [0.25, 0.3) is 11.0 Å². The van der Waals surface area contributed by atoms with Gasteiger partial charge in [0, 0.05) is 12.1 Å². The van der Waals surface area contributed by atoms with Crippen LogP contribution in [0, 0.1) is 0 Å². The lowest BCUT2D eigenvalue weighted by atomic mass is 9.98. The predicted molar refractivity (Wildman–Crippen MR) is 105 cm³/mol. The van der Waals surface area contributed by atoms with Crippen molar-refractivity contribution in [1.29, 1.82) is 0 Å². The Morgan fingerprint density at radius 3 is 2.19 bits per heavy atom. The smallest absolute Gasteiger partial charge is 0.252 e. The number of hydrogen-bond donors (Lipinski definition) is 1.